The Labute approximate surface area is 92.2 Å². The largest absolute Gasteiger partial charge is 0.468 e. The molecular weight excluding hydrogens is 188 g/mol. The lowest BCUT2D eigenvalue weighted by Gasteiger charge is -2.06. The van der Waals surface area contributed by atoms with Gasteiger partial charge in [0.25, 0.3) is 0 Å². The molecular formula is C13H19O2. The minimum Gasteiger partial charge on any atom is -0.468 e. The fourth-order valence-corrected chi connectivity index (χ4v) is 1.27. The molecule has 15 heavy (non-hydrogen) atoms. The fraction of sp³-hybridized carbons (Fsp3) is 0.538. The summed E-state index contributed by atoms with van der Waals surface area (Å²) in [4.78, 5) is 0. The van der Waals surface area contributed by atoms with Crippen molar-refractivity contribution >= 4 is 0 Å². The lowest BCUT2D eigenvalue weighted by molar-refractivity contribution is 0.0135. The molecule has 0 aliphatic heterocycles. The van der Waals surface area contributed by atoms with Crippen molar-refractivity contribution in [2.24, 2.45) is 0 Å². The van der Waals surface area contributed by atoms with Crippen molar-refractivity contribution in [3.8, 4) is 5.75 Å². The molecule has 0 bridgehead atoms. The van der Waals surface area contributed by atoms with Gasteiger partial charge < -0.3 is 9.47 Å². The molecule has 1 aromatic carbocycles. The van der Waals surface area contributed by atoms with Crippen molar-refractivity contribution in [3.63, 3.8) is 0 Å². The van der Waals surface area contributed by atoms with Crippen LogP contribution in [-0.4, -0.2) is 13.4 Å². The highest BCUT2D eigenvalue weighted by Gasteiger charge is 1.91. The lowest BCUT2D eigenvalue weighted by Crippen LogP contribution is -2.03. The van der Waals surface area contributed by atoms with Gasteiger partial charge in [0, 0.05) is 0 Å². The van der Waals surface area contributed by atoms with Crippen LogP contribution in [0.5, 0.6) is 5.75 Å². The maximum Gasteiger partial charge on any atom is 0.189 e. The summed E-state index contributed by atoms with van der Waals surface area (Å²) in [5, 5.41) is 0. The molecule has 2 heteroatoms. The second kappa shape index (κ2) is 8.30. The molecule has 0 unspecified atom stereocenters. The second-order valence-electron chi connectivity index (χ2n) is 3.47. The van der Waals surface area contributed by atoms with Crippen molar-refractivity contribution in [2.45, 2.75) is 32.6 Å². The van der Waals surface area contributed by atoms with Crippen LogP contribution in [0.15, 0.2) is 24.3 Å². The highest BCUT2D eigenvalue weighted by Crippen LogP contribution is 2.07. The minimum atomic E-state index is 0.343. The Bertz CT molecular complexity index is 234. The summed E-state index contributed by atoms with van der Waals surface area (Å²) < 4.78 is 10.7. The van der Waals surface area contributed by atoms with Crippen molar-refractivity contribution in [3.05, 3.63) is 30.3 Å². The van der Waals surface area contributed by atoms with Crippen molar-refractivity contribution in [1.29, 1.82) is 0 Å². The van der Waals surface area contributed by atoms with E-state index >= 15 is 0 Å². The SMILES string of the molecule is CCCCCCOCOc1cc[c]cc1. The monoisotopic (exact) mass is 207 g/mol. The van der Waals surface area contributed by atoms with Crippen LogP contribution < -0.4 is 4.74 Å². The third-order valence-electron chi connectivity index (χ3n) is 2.14. The molecule has 1 rings (SSSR count). The van der Waals surface area contributed by atoms with Gasteiger partial charge in [-0.05, 0) is 24.6 Å². The van der Waals surface area contributed by atoms with Crippen molar-refractivity contribution in [1.82, 2.24) is 0 Å². The van der Waals surface area contributed by atoms with Crippen LogP contribution in [0.4, 0.5) is 0 Å². The minimum absolute atomic E-state index is 0.343. The van der Waals surface area contributed by atoms with E-state index < -0.39 is 0 Å². The first-order valence-electron chi connectivity index (χ1n) is 5.60. The Morgan fingerprint density at radius 2 is 1.93 bits per heavy atom. The first-order valence-corrected chi connectivity index (χ1v) is 5.60. The second-order valence-corrected chi connectivity index (χ2v) is 3.47. The third kappa shape index (κ3) is 6.13. The van der Waals surface area contributed by atoms with E-state index in [9.17, 15) is 0 Å². The Morgan fingerprint density at radius 3 is 2.67 bits per heavy atom. The average Bonchev–Trinajstić information content (AvgIpc) is 2.29. The van der Waals surface area contributed by atoms with E-state index in [0.717, 1.165) is 18.8 Å². The smallest absolute Gasteiger partial charge is 0.189 e. The van der Waals surface area contributed by atoms with Gasteiger partial charge in [-0.15, -0.1) is 0 Å². The van der Waals surface area contributed by atoms with E-state index in [4.69, 9.17) is 9.47 Å². The molecule has 0 spiro atoms. The van der Waals surface area contributed by atoms with Gasteiger partial charge >= 0.3 is 0 Å². The Balaban J connectivity index is 1.93. The third-order valence-corrected chi connectivity index (χ3v) is 2.14. The van der Waals surface area contributed by atoms with Gasteiger partial charge in [0.05, 0.1) is 6.61 Å². The zero-order valence-corrected chi connectivity index (χ0v) is 9.37. The van der Waals surface area contributed by atoms with Gasteiger partial charge in [0.1, 0.15) is 5.75 Å². The number of hydrogen-bond donors (Lipinski definition) is 0. The Morgan fingerprint density at radius 1 is 1.13 bits per heavy atom. The standard InChI is InChI=1S/C13H19O2/c1-2-3-4-8-11-14-12-15-13-9-6-5-7-10-13/h6-7,9-10H,2-4,8,11-12H2,1H3. The molecule has 1 aromatic rings. The highest BCUT2D eigenvalue weighted by atomic mass is 16.7. The number of ether oxygens (including phenoxy) is 2. The molecule has 83 valence electrons. The number of unbranched alkanes of at least 4 members (excludes halogenated alkanes) is 3. The number of hydrogen-bond acceptors (Lipinski definition) is 2. The van der Waals surface area contributed by atoms with Gasteiger partial charge in [0.15, 0.2) is 6.79 Å². The molecule has 0 heterocycles. The predicted octanol–water partition coefficient (Wildman–Crippen LogP) is 3.42. The van der Waals surface area contributed by atoms with E-state index in [0.29, 0.717) is 6.79 Å². The van der Waals surface area contributed by atoms with Gasteiger partial charge in [0.2, 0.25) is 0 Å². The van der Waals surface area contributed by atoms with E-state index in [1.807, 2.05) is 24.3 Å². The highest BCUT2D eigenvalue weighted by molar-refractivity contribution is 5.19. The van der Waals surface area contributed by atoms with Crippen LogP contribution in [0.2, 0.25) is 0 Å². The Kier molecular flexibility index (Phi) is 6.67. The molecule has 0 amide bonds. The first-order chi connectivity index (χ1) is 7.43. The van der Waals surface area contributed by atoms with Gasteiger partial charge in [-0.1, -0.05) is 38.3 Å². The average molecular weight is 207 g/mol. The summed E-state index contributed by atoms with van der Waals surface area (Å²) in [6, 6.07) is 10.3. The van der Waals surface area contributed by atoms with E-state index in [1.54, 1.807) is 0 Å². The quantitative estimate of drug-likeness (QED) is 0.480. The zero-order valence-electron chi connectivity index (χ0n) is 9.37. The fourth-order valence-electron chi connectivity index (χ4n) is 1.27. The van der Waals surface area contributed by atoms with Gasteiger partial charge in [-0.25, -0.2) is 0 Å². The summed E-state index contributed by atoms with van der Waals surface area (Å²) in [6.45, 7) is 3.34. The lowest BCUT2D eigenvalue weighted by atomic mass is 10.2. The van der Waals surface area contributed by atoms with Crippen LogP contribution in [0.3, 0.4) is 0 Å². The number of rotatable bonds is 8. The van der Waals surface area contributed by atoms with Crippen LogP contribution in [0, 0.1) is 6.07 Å². The van der Waals surface area contributed by atoms with Crippen LogP contribution >= 0.6 is 0 Å². The normalized spacial score (nSPS) is 10.2. The summed E-state index contributed by atoms with van der Waals surface area (Å²) in [7, 11) is 0. The van der Waals surface area contributed by atoms with Crippen LogP contribution in [0.25, 0.3) is 0 Å². The molecule has 1 radical (unpaired) electrons. The maximum atomic E-state index is 5.37. The molecule has 0 saturated carbocycles. The van der Waals surface area contributed by atoms with E-state index in [2.05, 4.69) is 13.0 Å². The van der Waals surface area contributed by atoms with Crippen LogP contribution in [-0.2, 0) is 4.74 Å². The summed E-state index contributed by atoms with van der Waals surface area (Å²) in [5.74, 6) is 0.835. The summed E-state index contributed by atoms with van der Waals surface area (Å²) in [5.41, 5.74) is 0. The molecule has 0 saturated heterocycles. The summed E-state index contributed by atoms with van der Waals surface area (Å²) in [6.07, 6.45) is 4.92. The molecule has 0 atom stereocenters. The topological polar surface area (TPSA) is 18.5 Å². The zero-order chi connectivity index (χ0) is 10.8. The summed E-state index contributed by atoms with van der Waals surface area (Å²) >= 11 is 0. The maximum absolute atomic E-state index is 5.37. The van der Waals surface area contributed by atoms with Gasteiger partial charge in [-0.2, -0.15) is 0 Å². The molecule has 2 nitrogen and oxygen atoms in total. The predicted molar refractivity (Wildman–Crippen MR) is 60.9 cm³/mol. The van der Waals surface area contributed by atoms with Crippen molar-refractivity contribution in [2.75, 3.05) is 13.4 Å². The molecule has 0 aliphatic carbocycles. The van der Waals surface area contributed by atoms with E-state index in [1.165, 1.54) is 19.3 Å². The number of benzene rings is 1. The molecule has 0 fully saturated rings. The molecule has 0 aromatic heterocycles. The molecule has 0 N–H and O–H groups in total. The Hall–Kier alpha value is -1.02. The first kappa shape index (κ1) is 12.1. The van der Waals surface area contributed by atoms with E-state index in [-0.39, 0.29) is 0 Å². The van der Waals surface area contributed by atoms with Crippen molar-refractivity contribution < 1.29 is 9.47 Å². The van der Waals surface area contributed by atoms with Gasteiger partial charge in [-0.3, -0.25) is 0 Å². The van der Waals surface area contributed by atoms with Crippen LogP contribution in [0.1, 0.15) is 32.6 Å². The molecule has 0 aliphatic rings.